The molecule has 0 aliphatic rings. The van der Waals surface area contributed by atoms with Crippen LogP contribution in [0.1, 0.15) is 0 Å². The molecule has 0 spiro atoms. The minimum atomic E-state index is -0.350. The Kier molecular flexibility index (Phi) is 4.77. The third-order valence-corrected chi connectivity index (χ3v) is 7.32. The maximum Gasteiger partial charge on any atom is 0.324 e. The van der Waals surface area contributed by atoms with Crippen LogP contribution in [0.25, 0.3) is 31.5 Å². The minimum absolute atomic E-state index is 0.142. The Labute approximate surface area is 168 Å². The molecular weight excluding hydrogens is 398 g/mol. The fourth-order valence-corrected chi connectivity index (χ4v) is 5.32. The summed E-state index contributed by atoms with van der Waals surface area (Å²) in [4.78, 5) is 20.5. The summed E-state index contributed by atoms with van der Waals surface area (Å²) in [7, 11) is 3.90. The molecule has 3 heterocycles. The molecule has 0 unspecified atom stereocenters. The summed E-state index contributed by atoms with van der Waals surface area (Å²) < 4.78 is 0. The zero-order valence-corrected chi connectivity index (χ0v) is 17.0. The lowest BCUT2D eigenvalue weighted by Gasteiger charge is -2.05. The van der Waals surface area contributed by atoms with Crippen molar-refractivity contribution in [3.63, 3.8) is 0 Å². The van der Waals surface area contributed by atoms with Crippen LogP contribution in [0.2, 0.25) is 0 Å². The molecule has 0 radical (unpaired) electrons. The molecule has 3 aromatic heterocycles. The second-order valence-corrected chi connectivity index (χ2v) is 9.01. The van der Waals surface area contributed by atoms with Gasteiger partial charge in [-0.3, -0.25) is 10.1 Å². The Bertz CT molecular complexity index is 1080. The smallest absolute Gasteiger partial charge is 0.324 e. The van der Waals surface area contributed by atoms with Gasteiger partial charge in [0, 0.05) is 30.6 Å². The van der Waals surface area contributed by atoms with Gasteiger partial charge in [-0.15, -0.1) is 11.3 Å². The number of thiophene rings is 2. The summed E-state index contributed by atoms with van der Waals surface area (Å²) in [5.74, 6) is 0. The molecule has 8 heteroatoms. The second kappa shape index (κ2) is 7.22. The molecule has 0 saturated carbocycles. The molecule has 0 fully saturated rings. The molecule has 27 heavy (non-hydrogen) atoms. The predicted octanol–water partition coefficient (Wildman–Crippen LogP) is 6.24. The number of aromatic nitrogens is 1. The Morgan fingerprint density at radius 3 is 2.30 bits per heavy atom. The average Bonchev–Trinajstić information content (AvgIpc) is 3.40. The summed E-state index contributed by atoms with van der Waals surface area (Å²) in [5, 5.41) is 14.1. The van der Waals surface area contributed by atoms with E-state index in [4.69, 9.17) is 4.98 Å². The van der Waals surface area contributed by atoms with Crippen LogP contribution in [0.5, 0.6) is 0 Å². The Morgan fingerprint density at radius 2 is 1.70 bits per heavy atom. The van der Waals surface area contributed by atoms with Gasteiger partial charge in [-0.1, -0.05) is 53.0 Å². The maximum atomic E-state index is 11.1. The van der Waals surface area contributed by atoms with E-state index in [-0.39, 0.29) is 9.92 Å². The van der Waals surface area contributed by atoms with Gasteiger partial charge in [-0.05, 0) is 23.1 Å². The summed E-state index contributed by atoms with van der Waals surface area (Å²) >= 11 is 4.44. The molecule has 0 bridgehead atoms. The van der Waals surface area contributed by atoms with Gasteiger partial charge in [-0.2, -0.15) is 0 Å². The first-order valence-electron chi connectivity index (χ1n) is 8.10. The SMILES string of the molecule is CN(C)c1nc(-c2ccc(-c3cccs3)cc2)c(-c2ccc([N+](=O)[O-])s2)s1. The normalized spacial score (nSPS) is 10.9. The number of thiazole rings is 1. The van der Waals surface area contributed by atoms with Crippen LogP contribution in [0, 0.1) is 10.1 Å². The molecule has 0 saturated heterocycles. The van der Waals surface area contributed by atoms with E-state index in [1.54, 1.807) is 34.8 Å². The standard InChI is InChI=1S/C19H15N3O2S3/c1-21(2)19-20-17(18(27-19)15-9-10-16(26-15)22(23)24)13-7-5-12(6-8-13)14-4-3-11-25-14/h3-11H,1-2H3. The molecule has 0 amide bonds. The van der Waals surface area contributed by atoms with E-state index in [1.165, 1.54) is 21.8 Å². The molecule has 0 atom stereocenters. The van der Waals surface area contributed by atoms with Crippen molar-refractivity contribution in [2.45, 2.75) is 0 Å². The van der Waals surface area contributed by atoms with Crippen molar-refractivity contribution in [1.29, 1.82) is 0 Å². The number of anilines is 1. The lowest BCUT2D eigenvalue weighted by molar-refractivity contribution is -0.380. The molecule has 0 N–H and O–H groups in total. The van der Waals surface area contributed by atoms with Crippen LogP contribution in [-0.4, -0.2) is 24.0 Å². The summed E-state index contributed by atoms with van der Waals surface area (Å²) in [6.07, 6.45) is 0. The molecule has 4 aromatic rings. The van der Waals surface area contributed by atoms with Crippen LogP contribution >= 0.6 is 34.0 Å². The van der Waals surface area contributed by atoms with Crippen molar-refractivity contribution in [2.24, 2.45) is 0 Å². The van der Waals surface area contributed by atoms with Gasteiger partial charge >= 0.3 is 5.00 Å². The summed E-state index contributed by atoms with van der Waals surface area (Å²) in [6.45, 7) is 0. The van der Waals surface area contributed by atoms with E-state index >= 15 is 0 Å². The highest BCUT2D eigenvalue weighted by Crippen LogP contribution is 2.44. The third kappa shape index (κ3) is 3.51. The molecular formula is C19H15N3O2S3. The van der Waals surface area contributed by atoms with Crippen molar-refractivity contribution in [2.75, 3.05) is 19.0 Å². The lowest BCUT2D eigenvalue weighted by atomic mass is 10.1. The summed E-state index contributed by atoms with van der Waals surface area (Å²) in [5.41, 5.74) is 3.04. The van der Waals surface area contributed by atoms with E-state index in [9.17, 15) is 10.1 Å². The predicted molar refractivity (Wildman–Crippen MR) is 115 cm³/mol. The van der Waals surface area contributed by atoms with E-state index in [0.717, 1.165) is 26.1 Å². The van der Waals surface area contributed by atoms with Gasteiger partial charge in [0.05, 0.1) is 20.4 Å². The summed E-state index contributed by atoms with van der Waals surface area (Å²) in [6, 6.07) is 15.8. The largest absolute Gasteiger partial charge is 0.354 e. The zero-order valence-electron chi connectivity index (χ0n) is 14.6. The quantitative estimate of drug-likeness (QED) is 0.287. The van der Waals surface area contributed by atoms with Crippen molar-refractivity contribution < 1.29 is 4.92 Å². The third-order valence-electron chi connectivity index (χ3n) is 3.96. The Balaban J connectivity index is 1.78. The number of rotatable bonds is 5. The zero-order chi connectivity index (χ0) is 19.0. The highest BCUT2D eigenvalue weighted by atomic mass is 32.1. The Hall–Kier alpha value is -2.55. The number of benzene rings is 1. The second-order valence-electron chi connectivity index (χ2n) is 6.02. The van der Waals surface area contributed by atoms with E-state index in [1.807, 2.05) is 25.1 Å². The molecule has 5 nitrogen and oxygen atoms in total. The average molecular weight is 414 g/mol. The van der Waals surface area contributed by atoms with Gasteiger partial charge in [0.1, 0.15) is 0 Å². The van der Waals surface area contributed by atoms with Gasteiger partial charge in [0.15, 0.2) is 5.13 Å². The number of hydrogen-bond acceptors (Lipinski definition) is 7. The van der Waals surface area contributed by atoms with Crippen molar-refractivity contribution in [3.8, 4) is 31.5 Å². The van der Waals surface area contributed by atoms with Crippen LogP contribution < -0.4 is 4.90 Å². The van der Waals surface area contributed by atoms with E-state index < -0.39 is 0 Å². The molecule has 136 valence electrons. The maximum absolute atomic E-state index is 11.1. The van der Waals surface area contributed by atoms with Crippen LogP contribution in [0.4, 0.5) is 10.1 Å². The van der Waals surface area contributed by atoms with Crippen molar-refractivity contribution in [1.82, 2.24) is 4.98 Å². The van der Waals surface area contributed by atoms with Gasteiger partial charge in [0.25, 0.3) is 0 Å². The van der Waals surface area contributed by atoms with Crippen molar-refractivity contribution in [3.05, 3.63) is 64.0 Å². The first-order chi connectivity index (χ1) is 13.0. The monoisotopic (exact) mass is 413 g/mol. The van der Waals surface area contributed by atoms with Gasteiger partial charge in [-0.25, -0.2) is 4.98 Å². The fourth-order valence-electron chi connectivity index (χ4n) is 2.65. The fraction of sp³-hybridized carbons (Fsp3) is 0.105. The van der Waals surface area contributed by atoms with E-state index in [0.29, 0.717) is 0 Å². The van der Waals surface area contributed by atoms with E-state index in [2.05, 4.69) is 35.7 Å². The topological polar surface area (TPSA) is 59.3 Å². The van der Waals surface area contributed by atoms with Crippen LogP contribution in [0.15, 0.2) is 53.9 Å². The highest BCUT2D eigenvalue weighted by molar-refractivity contribution is 7.25. The number of nitrogens with zero attached hydrogens (tertiary/aromatic N) is 3. The minimum Gasteiger partial charge on any atom is -0.354 e. The highest BCUT2D eigenvalue weighted by Gasteiger charge is 2.20. The molecule has 0 aliphatic heterocycles. The van der Waals surface area contributed by atoms with Crippen molar-refractivity contribution >= 4 is 44.1 Å². The number of nitro groups is 1. The Morgan fingerprint density at radius 1 is 0.963 bits per heavy atom. The van der Waals surface area contributed by atoms with Gasteiger partial charge in [0.2, 0.25) is 0 Å². The van der Waals surface area contributed by atoms with Crippen LogP contribution in [-0.2, 0) is 0 Å². The first kappa shape index (κ1) is 17.8. The van der Waals surface area contributed by atoms with Gasteiger partial charge < -0.3 is 4.90 Å². The molecule has 1 aromatic carbocycles. The first-order valence-corrected chi connectivity index (χ1v) is 10.6. The number of hydrogen-bond donors (Lipinski definition) is 0. The molecule has 0 aliphatic carbocycles. The molecule has 4 rings (SSSR count). The lowest BCUT2D eigenvalue weighted by Crippen LogP contribution is -2.07. The van der Waals surface area contributed by atoms with Crippen LogP contribution in [0.3, 0.4) is 0 Å².